The summed E-state index contributed by atoms with van der Waals surface area (Å²) in [5.41, 5.74) is 7.22. The summed E-state index contributed by atoms with van der Waals surface area (Å²) >= 11 is 0. The molecule has 3 unspecified atom stereocenters. The number of carbonyl (C=O) groups is 2. The molecule has 2 aliphatic rings. The number of hydrogen-bond donors (Lipinski definition) is 2. The number of likely N-dealkylation sites (tertiary alicyclic amines) is 1. The van der Waals surface area contributed by atoms with Crippen LogP contribution in [0.25, 0.3) is 0 Å². The van der Waals surface area contributed by atoms with E-state index in [-0.39, 0.29) is 17.4 Å². The molecule has 1 fully saturated rings. The molecule has 2 aliphatic heterocycles. The van der Waals surface area contributed by atoms with Gasteiger partial charge in [-0.25, -0.2) is 4.99 Å². The monoisotopic (exact) mass is 329 g/mol. The van der Waals surface area contributed by atoms with Crippen LogP contribution >= 0.6 is 0 Å². The first-order valence-electron chi connectivity index (χ1n) is 8.36. The molecular weight excluding hydrogens is 306 g/mol. The van der Waals surface area contributed by atoms with Crippen LogP contribution in [0.5, 0.6) is 0 Å². The van der Waals surface area contributed by atoms with Gasteiger partial charge < -0.3 is 15.7 Å². The molecule has 0 aromatic heterocycles. The first-order valence-corrected chi connectivity index (χ1v) is 8.36. The molecule has 0 radical (unpaired) electrons. The summed E-state index contributed by atoms with van der Waals surface area (Å²) < 4.78 is 0. The zero-order valence-electron chi connectivity index (χ0n) is 14.0. The van der Waals surface area contributed by atoms with Crippen molar-refractivity contribution >= 4 is 23.3 Å². The molecule has 3 atom stereocenters. The Hall–Kier alpha value is -2.21. The SMILES string of the molecule is CCC1(C)CCCN(C2=Nc3ccccc3C(=O)C2C(=O)O)C1N. The fourth-order valence-electron chi connectivity index (χ4n) is 3.65. The Balaban J connectivity index is 2.09. The van der Waals surface area contributed by atoms with Crippen molar-refractivity contribution in [1.82, 2.24) is 4.90 Å². The quantitative estimate of drug-likeness (QED) is 0.812. The minimum absolute atomic E-state index is 0.121. The van der Waals surface area contributed by atoms with Crippen LogP contribution in [0.1, 0.15) is 43.5 Å². The molecule has 2 heterocycles. The van der Waals surface area contributed by atoms with E-state index < -0.39 is 17.7 Å². The van der Waals surface area contributed by atoms with E-state index >= 15 is 0 Å². The van der Waals surface area contributed by atoms with E-state index in [0.29, 0.717) is 17.8 Å². The van der Waals surface area contributed by atoms with Crippen molar-refractivity contribution in [3.05, 3.63) is 29.8 Å². The van der Waals surface area contributed by atoms with E-state index in [2.05, 4.69) is 18.8 Å². The minimum atomic E-state index is -1.29. The largest absolute Gasteiger partial charge is 0.480 e. The summed E-state index contributed by atoms with van der Waals surface area (Å²) in [5.74, 6) is -2.61. The molecule has 0 saturated carbocycles. The lowest BCUT2D eigenvalue weighted by atomic mass is 9.76. The highest BCUT2D eigenvalue weighted by Crippen LogP contribution is 2.39. The van der Waals surface area contributed by atoms with Crippen LogP contribution in [0.15, 0.2) is 29.3 Å². The number of carboxylic acids is 1. The average molecular weight is 329 g/mol. The number of hydrogen-bond acceptors (Lipinski definition) is 5. The number of amidine groups is 1. The van der Waals surface area contributed by atoms with Crippen LogP contribution in [-0.2, 0) is 4.79 Å². The number of aliphatic carboxylic acids is 1. The molecule has 3 rings (SSSR count). The number of piperidine rings is 1. The van der Waals surface area contributed by atoms with Crippen LogP contribution in [-0.4, -0.2) is 40.3 Å². The van der Waals surface area contributed by atoms with Gasteiger partial charge in [0.2, 0.25) is 0 Å². The van der Waals surface area contributed by atoms with Gasteiger partial charge in [0.15, 0.2) is 11.7 Å². The Kier molecular flexibility index (Phi) is 4.17. The number of para-hydroxylation sites is 1. The zero-order valence-corrected chi connectivity index (χ0v) is 14.0. The maximum absolute atomic E-state index is 12.7. The third-order valence-electron chi connectivity index (χ3n) is 5.47. The van der Waals surface area contributed by atoms with Crippen molar-refractivity contribution in [1.29, 1.82) is 0 Å². The van der Waals surface area contributed by atoms with E-state index in [4.69, 9.17) is 5.73 Å². The van der Waals surface area contributed by atoms with Gasteiger partial charge in [0.25, 0.3) is 0 Å². The molecule has 1 aromatic rings. The van der Waals surface area contributed by atoms with Crippen LogP contribution in [0.2, 0.25) is 0 Å². The number of fused-ring (bicyclic) bond motifs is 1. The van der Waals surface area contributed by atoms with Crippen molar-refractivity contribution in [2.45, 2.75) is 39.3 Å². The highest BCUT2D eigenvalue weighted by molar-refractivity contribution is 6.26. The number of benzene rings is 1. The van der Waals surface area contributed by atoms with Gasteiger partial charge in [-0.1, -0.05) is 26.0 Å². The molecule has 0 aliphatic carbocycles. The predicted octanol–water partition coefficient (Wildman–Crippen LogP) is 2.41. The van der Waals surface area contributed by atoms with Gasteiger partial charge in [-0.15, -0.1) is 0 Å². The minimum Gasteiger partial charge on any atom is -0.480 e. The smallest absolute Gasteiger partial charge is 0.322 e. The number of nitrogens with zero attached hydrogens (tertiary/aromatic N) is 2. The molecule has 1 aromatic carbocycles. The first-order chi connectivity index (χ1) is 11.4. The number of carboxylic acid groups (broad SMARTS) is 1. The highest BCUT2D eigenvalue weighted by atomic mass is 16.4. The van der Waals surface area contributed by atoms with E-state index in [0.717, 1.165) is 19.3 Å². The van der Waals surface area contributed by atoms with Gasteiger partial charge >= 0.3 is 5.97 Å². The van der Waals surface area contributed by atoms with E-state index in [1.165, 1.54) is 0 Å². The molecule has 6 heteroatoms. The Bertz CT molecular complexity index is 715. The molecule has 0 spiro atoms. The lowest BCUT2D eigenvalue weighted by molar-refractivity contribution is -0.138. The van der Waals surface area contributed by atoms with Crippen LogP contribution in [0, 0.1) is 11.3 Å². The van der Waals surface area contributed by atoms with E-state index in [9.17, 15) is 14.7 Å². The van der Waals surface area contributed by atoms with Gasteiger partial charge in [-0.05, 0) is 31.4 Å². The number of rotatable bonds is 2. The second-order valence-corrected chi connectivity index (χ2v) is 6.87. The highest BCUT2D eigenvalue weighted by Gasteiger charge is 2.45. The number of ketones is 1. The molecule has 6 nitrogen and oxygen atoms in total. The Morgan fingerprint density at radius 3 is 2.83 bits per heavy atom. The average Bonchev–Trinajstić information content (AvgIpc) is 2.57. The molecule has 128 valence electrons. The summed E-state index contributed by atoms with van der Waals surface area (Å²) in [7, 11) is 0. The fraction of sp³-hybridized carbons (Fsp3) is 0.500. The third-order valence-corrected chi connectivity index (χ3v) is 5.47. The molecule has 0 amide bonds. The predicted molar refractivity (Wildman–Crippen MR) is 91.3 cm³/mol. The summed E-state index contributed by atoms with van der Waals surface area (Å²) in [6.07, 6.45) is 2.42. The van der Waals surface area contributed by atoms with Gasteiger partial charge in [0.1, 0.15) is 5.84 Å². The van der Waals surface area contributed by atoms with Crippen LogP contribution in [0.3, 0.4) is 0 Å². The lowest BCUT2D eigenvalue weighted by Gasteiger charge is -2.48. The summed E-state index contributed by atoms with van der Waals surface area (Å²) in [6, 6.07) is 6.87. The van der Waals surface area contributed by atoms with Crippen molar-refractivity contribution in [2.24, 2.45) is 22.1 Å². The Labute approximate surface area is 141 Å². The number of nitrogens with two attached hydrogens (primary N) is 1. The Morgan fingerprint density at radius 2 is 2.17 bits per heavy atom. The summed E-state index contributed by atoms with van der Waals surface area (Å²) in [5, 5.41) is 9.64. The van der Waals surface area contributed by atoms with Crippen LogP contribution in [0.4, 0.5) is 5.69 Å². The van der Waals surface area contributed by atoms with Crippen molar-refractivity contribution < 1.29 is 14.7 Å². The van der Waals surface area contributed by atoms with Gasteiger partial charge in [-0.3, -0.25) is 9.59 Å². The van der Waals surface area contributed by atoms with E-state index in [1.807, 2.05) is 4.90 Å². The molecule has 1 saturated heterocycles. The summed E-state index contributed by atoms with van der Waals surface area (Å²) in [6.45, 7) is 4.81. The van der Waals surface area contributed by atoms with Crippen LogP contribution < -0.4 is 5.73 Å². The van der Waals surface area contributed by atoms with Gasteiger partial charge in [0, 0.05) is 17.5 Å². The van der Waals surface area contributed by atoms with E-state index in [1.54, 1.807) is 24.3 Å². The number of Topliss-reactive ketones (excluding diaryl/α,β-unsaturated/α-hetero) is 1. The first kappa shape index (κ1) is 16.6. The standard InChI is InChI=1S/C18H23N3O3/c1-3-18(2)9-6-10-21(17(18)19)15-13(16(23)24)14(22)11-7-4-5-8-12(11)20-15/h4-5,7-8,13,17H,3,6,9-10,19H2,1-2H3,(H,23,24). The number of carbonyl (C=O) groups excluding carboxylic acids is 1. The normalized spacial score (nSPS) is 29.9. The topological polar surface area (TPSA) is 96.0 Å². The molecular formula is C18H23N3O3. The third kappa shape index (κ3) is 2.51. The second-order valence-electron chi connectivity index (χ2n) is 6.87. The van der Waals surface area contributed by atoms with Gasteiger partial charge in [-0.2, -0.15) is 0 Å². The second kappa shape index (κ2) is 6.02. The molecule has 24 heavy (non-hydrogen) atoms. The molecule has 0 bridgehead atoms. The number of aliphatic imine (C=N–C) groups is 1. The van der Waals surface area contributed by atoms with Crippen molar-refractivity contribution in [3.63, 3.8) is 0 Å². The van der Waals surface area contributed by atoms with Gasteiger partial charge in [0.05, 0.1) is 11.9 Å². The lowest BCUT2D eigenvalue weighted by Crippen LogP contribution is -2.61. The fourth-order valence-corrected chi connectivity index (χ4v) is 3.65. The molecule has 3 N–H and O–H groups in total. The maximum atomic E-state index is 12.7. The zero-order chi connectivity index (χ0) is 17.5. The van der Waals surface area contributed by atoms with Crippen molar-refractivity contribution in [2.75, 3.05) is 6.54 Å². The van der Waals surface area contributed by atoms with Crippen molar-refractivity contribution in [3.8, 4) is 0 Å². The summed E-state index contributed by atoms with van der Waals surface area (Å²) in [4.78, 5) is 30.9. The maximum Gasteiger partial charge on any atom is 0.322 e. The Morgan fingerprint density at radius 1 is 1.46 bits per heavy atom.